The van der Waals surface area contributed by atoms with Crippen molar-refractivity contribution in [1.82, 2.24) is 10.3 Å². The highest BCUT2D eigenvalue weighted by molar-refractivity contribution is 7.16. The Morgan fingerprint density at radius 2 is 2.41 bits per heavy atom. The number of hydrogen-bond acceptors (Lipinski definition) is 4. The smallest absolute Gasteiger partial charge is 0.322 e. The normalized spacial score (nSPS) is 11.6. The van der Waals surface area contributed by atoms with Crippen LogP contribution in [0.5, 0.6) is 0 Å². The Kier molecular flexibility index (Phi) is 3.20. The third-order valence-corrected chi connectivity index (χ3v) is 2.80. The van der Waals surface area contributed by atoms with Crippen LogP contribution in [0.3, 0.4) is 0 Å². The number of thiazole rings is 1. The molecule has 0 unspecified atom stereocenters. The van der Waals surface area contributed by atoms with Crippen molar-refractivity contribution in [2.45, 2.75) is 0 Å². The van der Waals surface area contributed by atoms with Gasteiger partial charge in [0.15, 0.2) is 5.96 Å². The molecule has 7 heteroatoms. The van der Waals surface area contributed by atoms with Gasteiger partial charge in [-0.3, -0.25) is 4.79 Å². The molecule has 0 spiro atoms. The van der Waals surface area contributed by atoms with E-state index in [1.54, 1.807) is 11.6 Å². The Bertz CT molecular complexity index is 578. The number of nitrogens with one attached hydrogen (secondary N) is 1. The molecular formula is C10H10N4O2S. The lowest BCUT2D eigenvalue weighted by Crippen LogP contribution is -2.35. The van der Waals surface area contributed by atoms with Gasteiger partial charge in [-0.2, -0.15) is 0 Å². The number of carbonyl (C=O) groups is 1. The van der Waals surface area contributed by atoms with E-state index < -0.39 is 5.97 Å². The first-order valence-electron chi connectivity index (χ1n) is 4.79. The van der Waals surface area contributed by atoms with Gasteiger partial charge in [0.1, 0.15) is 12.1 Å². The maximum Gasteiger partial charge on any atom is 0.322 e. The van der Waals surface area contributed by atoms with Crippen LogP contribution in [0.2, 0.25) is 0 Å². The van der Waals surface area contributed by atoms with Crippen molar-refractivity contribution in [3.63, 3.8) is 0 Å². The molecule has 0 amide bonds. The predicted molar refractivity (Wildman–Crippen MR) is 66.5 cm³/mol. The molecule has 2 rings (SSSR count). The first-order chi connectivity index (χ1) is 8.16. The Morgan fingerprint density at radius 3 is 3.18 bits per heavy atom. The molecule has 0 aliphatic heterocycles. The van der Waals surface area contributed by atoms with Crippen LogP contribution in [0.15, 0.2) is 28.7 Å². The zero-order chi connectivity index (χ0) is 12.3. The number of fused-ring (bicyclic) bond motifs is 1. The second kappa shape index (κ2) is 4.79. The number of rotatable bonds is 3. The highest BCUT2D eigenvalue weighted by Gasteiger charge is 2.03. The van der Waals surface area contributed by atoms with Gasteiger partial charge < -0.3 is 16.2 Å². The van der Waals surface area contributed by atoms with E-state index >= 15 is 0 Å². The van der Waals surface area contributed by atoms with Crippen LogP contribution in [0.25, 0.3) is 10.2 Å². The number of carboxylic acid groups (broad SMARTS) is 1. The van der Waals surface area contributed by atoms with Crippen molar-refractivity contribution in [2.75, 3.05) is 6.54 Å². The molecule has 6 nitrogen and oxygen atoms in total. The monoisotopic (exact) mass is 250 g/mol. The molecule has 2 aromatic rings. The van der Waals surface area contributed by atoms with E-state index in [0.717, 1.165) is 10.2 Å². The van der Waals surface area contributed by atoms with E-state index in [1.807, 2.05) is 12.1 Å². The summed E-state index contributed by atoms with van der Waals surface area (Å²) < 4.78 is 1.01. The standard InChI is InChI=1S/C10H10N4O2S/c11-10(12-4-8(15)16)14-6-2-1-3-7-9(6)13-5-17-7/h1-3,5H,4H2,(H,15,16)(H3,11,12,14). The average molecular weight is 250 g/mol. The number of carboxylic acids is 1. The molecule has 1 aromatic carbocycles. The summed E-state index contributed by atoms with van der Waals surface area (Å²) in [6.07, 6.45) is 0. The number of guanidine groups is 1. The van der Waals surface area contributed by atoms with Crippen LogP contribution in [0.1, 0.15) is 0 Å². The minimum atomic E-state index is -0.991. The van der Waals surface area contributed by atoms with Gasteiger partial charge in [0.25, 0.3) is 0 Å². The van der Waals surface area contributed by atoms with E-state index in [1.165, 1.54) is 11.3 Å². The van der Waals surface area contributed by atoms with Gasteiger partial charge >= 0.3 is 5.97 Å². The average Bonchev–Trinajstić information content (AvgIpc) is 2.75. The molecule has 0 radical (unpaired) electrons. The van der Waals surface area contributed by atoms with Crippen LogP contribution >= 0.6 is 11.3 Å². The van der Waals surface area contributed by atoms with Crippen molar-refractivity contribution in [2.24, 2.45) is 10.7 Å². The lowest BCUT2D eigenvalue weighted by Gasteiger charge is -2.02. The fourth-order valence-electron chi connectivity index (χ4n) is 1.30. The van der Waals surface area contributed by atoms with Crippen LogP contribution in [0, 0.1) is 0 Å². The van der Waals surface area contributed by atoms with E-state index in [-0.39, 0.29) is 12.5 Å². The molecule has 0 aliphatic carbocycles. The summed E-state index contributed by atoms with van der Waals surface area (Å²) >= 11 is 1.51. The highest BCUT2D eigenvalue weighted by atomic mass is 32.1. The van der Waals surface area contributed by atoms with Crippen molar-refractivity contribution in [3.05, 3.63) is 23.7 Å². The third kappa shape index (κ3) is 2.70. The maximum absolute atomic E-state index is 10.3. The van der Waals surface area contributed by atoms with Gasteiger partial charge in [0, 0.05) is 0 Å². The number of aromatic nitrogens is 1. The van der Waals surface area contributed by atoms with Gasteiger partial charge in [0.05, 0.1) is 15.9 Å². The number of aliphatic carboxylic acids is 1. The van der Waals surface area contributed by atoms with E-state index in [9.17, 15) is 4.79 Å². The van der Waals surface area contributed by atoms with E-state index in [4.69, 9.17) is 10.8 Å². The Hall–Kier alpha value is -2.15. The zero-order valence-electron chi connectivity index (χ0n) is 8.75. The SMILES string of the molecule is NC(=Nc1cccc2scnc12)NCC(=O)O. The van der Waals surface area contributed by atoms with Gasteiger partial charge in [-0.25, -0.2) is 9.98 Å². The fourth-order valence-corrected chi connectivity index (χ4v) is 1.99. The van der Waals surface area contributed by atoms with Crippen molar-refractivity contribution in [3.8, 4) is 0 Å². The summed E-state index contributed by atoms with van der Waals surface area (Å²) in [5.74, 6) is -0.928. The maximum atomic E-state index is 10.3. The number of benzene rings is 1. The van der Waals surface area contributed by atoms with Crippen LogP contribution in [-0.4, -0.2) is 28.6 Å². The summed E-state index contributed by atoms with van der Waals surface area (Å²) in [7, 11) is 0. The summed E-state index contributed by atoms with van der Waals surface area (Å²) in [5.41, 5.74) is 8.68. The van der Waals surface area contributed by atoms with Crippen LogP contribution in [0.4, 0.5) is 5.69 Å². The van der Waals surface area contributed by atoms with Gasteiger partial charge in [0.2, 0.25) is 0 Å². The van der Waals surface area contributed by atoms with Crippen molar-refractivity contribution >= 4 is 39.2 Å². The Morgan fingerprint density at radius 1 is 1.59 bits per heavy atom. The fraction of sp³-hybridized carbons (Fsp3) is 0.100. The second-order valence-electron chi connectivity index (χ2n) is 3.22. The molecule has 0 fully saturated rings. The summed E-state index contributed by atoms with van der Waals surface area (Å²) in [4.78, 5) is 18.6. The zero-order valence-corrected chi connectivity index (χ0v) is 9.57. The lowest BCUT2D eigenvalue weighted by molar-refractivity contribution is -0.135. The summed E-state index contributed by atoms with van der Waals surface area (Å²) in [6.45, 7) is -0.262. The molecule has 1 aromatic heterocycles. The molecule has 0 aliphatic rings. The number of para-hydroxylation sites is 1. The summed E-state index contributed by atoms with van der Waals surface area (Å²) in [5, 5.41) is 11.0. The molecule has 0 saturated heterocycles. The Labute approximate surface area is 101 Å². The lowest BCUT2D eigenvalue weighted by atomic mass is 10.3. The van der Waals surface area contributed by atoms with Gasteiger partial charge in [-0.15, -0.1) is 11.3 Å². The van der Waals surface area contributed by atoms with E-state index in [2.05, 4.69) is 15.3 Å². The molecule has 0 atom stereocenters. The van der Waals surface area contributed by atoms with Crippen LogP contribution < -0.4 is 11.1 Å². The number of hydrogen-bond donors (Lipinski definition) is 3. The Balaban J connectivity index is 2.25. The summed E-state index contributed by atoms with van der Waals surface area (Å²) in [6, 6.07) is 5.56. The highest BCUT2D eigenvalue weighted by Crippen LogP contribution is 2.26. The van der Waals surface area contributed by atoms with Gasteiger partial charge in [-0.05, 0) is 12.1 Å². The molecular weight excluding hydrogens is 240 g/mol. The first-order valence-corrected chi connectivity index (χ1v) is 5.67. The largest absolute Gasteiger partial charge is 0.480 e. The third-order valence-electron chi connectivity index (χ3n) is 2.00. The molecule has 0 bridgehead atoms. The molecule has 4 N–H and O–H groups in total. The molecule has 88 valence electrons. The quantitative estimate of drug-likeness (QED) is 0.555. The van der Waals surface area contributed by atoms with Gasteiger partial charge in [-0.1, -0.05) is 6.07 Å². The number of nitrogens with two attached hydrogens (primary N) is 1. The minimum absolute atomic E-state index is 0.0629. The minimum Gasteiger partial charge on any atom is -0.480 e. The predicted octanol–water partition coefficient (Wildman–Crippen LogP) is 0.917. The van der Waals surface area contributed by atoms with Crippen LogP contribution in [-0.2, 0) is 4.79 Å². The van der Waals surface area contributed by atoms with Crippen molar-refractivity contribution < 1.29 is 9.90 Å². The second-order valence-corrected chi connectivity index (χ2v) is 4.11. The topological polar surface area (TPSA) is 101 Å². The molecule has 0 saturated carbocycles. The first kappa shape index (κ1) is 11.3. The molecule has 17 heavy (non-hydrogen) atoms. The van der Waals surface area contributed by atoms with E-state index in [0.29, 0.717) is 5.69 Å². The van der Waals surface area contributed by atoms with Crippen molar-refractivity contribution in [1.29, 1.82) is 0 Å². The number of aliphatic imine (C=N–C) groups is 1. The number of nitrogens with zero attached hydrogens (tertiary/aromatic N) is 2. The molecule has 1 heterocycles.